The minimum absolute atomic E-state index is 0.103. The second kappa shape index (κ2) is 9.19. The van der Waals surface area contributed by atoms with Crippen molar-refractivity contribution in [1.29, 1.82) is 0 Å². The Balaban J connectivity index is 1.64. The number of amides is 1. The third-order valence-corrected chi connectivity index (χ3v) is 4.68. The Morgan fingerprint density at radius 2 is 1.78 bits per heavy atom. The predicted molar refractivity (Wildman–Crippen MR) is 109 cm³/mol. The summed E-state index contributed by atoms with van der Waals surface area (Å²) in [6, 6.07) is 15.1. The molecule has 0 aliphatic heterocycles. The lowest BCUT2D eigenvalue weighted by molar-refractivity contribution is -0.115. The van der Waals surface area contributed by atoms with Gasteiger partial charge in [-0.1, -0.05) is 12.1 Å². The number of carbonyl (C=O) groups excluding carboxylic acids is 1. The van der Waals surface area contributed by atoms with Crippen LogP contribution in [0.15, 0.2) is 53.9 Å². The molecule has 1 aromatic heterocycles. The summed E-state index contributed by atoms with van der Waals surface area (Å²) in [4.78, 5) is 16.9. The second-order valence-corrected chi connectivity index (χ2v) is 6.61. The van der Waals surface area contributed by atoms with E-state index in [0.29, 0.717) is 13.2 Å². The zero-order chi connectivity index (χ0) is 19.1. The fourth-order valence-corrected chi connectivity index (χ4v) is 3.46. The maximum absolute atomic E-state index is 12.3. The zero-order valence-electron chi connectivity index (χ0n) is 15.4. The van der Waals surface area contributed by atoms with Crippen molar-refractivity contribution in [2.45, 2.75) is 20.3 Å². The first-order chi connectivity index (χ1) is 13.2. The molecule has 0 atom stereocenters. The number of ether oxygens (including phenoxy) is 2. The Morgan fingerprint density at radius 1 is 1.04 bits per heavy atom. The number of benzene rings is 2. The smallest absolute Gasteiger partial charge is 0.230 e. The lowest BCUT2D eigenvalue weighted by Crippen LogP contribution is -2.14. The van der Waals surface area contributed by atoms with E-state index in [2.05, 4.69) is 10.3 Å². The van der Waals surface area contributed by atoms with Gasteiger partial charge in [0.15, 0.2) is 0 Å². The number of anilines is 1. The van der Waals surface area contributed by atoms with Crippen LogP contribution in [-0.2, 0) is 11.2 Å². The summed E-state index contributed by atoms with van der Waals surface area (Å²) in [7, 11) is 0. The third-order valence-electron chi connectivity index (χ3n) is 3.76. The lowest BCUT2D eigenvalue weighted by Gasteiger charge is -2.07. The Labute approximate surface area is 163 Å². The van der Waals surface area contributed by atoms with E-state index in [9.17, 15) is 4.79 Å². The number of thiazole rings is 1. The maximum atomic E-state index is 12.3. The van der Waals surface area contributed by atoms with Crippen LogP contribution in [0.1, 0.15) is 19.5 Å². The number of nitrogens with zero attached hydrogens (tertiary/aromatic N) is 1. The van der Waals surface area contributed by atoms with Gasteiger partial charge in [0.05, 0.1) is 30.9 Å². The van der Waals surface area contributed by atoms with Crippen LogP contribution >= 0.6 is 11.3 Å². The van der Waals surface area contributed by atoms with Gasteiger partial charge in [-0.3, -0.25) is 4.79 Å². The minimum Gasteiger partial charge on any atom is -0.494 e. The van der Waals surface area contributed by atoms with Gasteiger partial charge in [-0.2, -0.15) is 0 Å². The second-order valence-electron chi connectivity index (χ2n) is 5.76. The molecular formula is C21H22N2O3S. The van der Waals surface area contributed by atoms with Crippen molar-refractivity contribution in [2.75, 3.05) is 18.5 Å². The summed E-state index contributed by atoms with van der Waals surface area (Å²) in [6.45, 7) is 5.10. The molecule has 0 unspecified atom stereocenters. The molecule has 0 saturated heterocycles. The molecule has 5 nitrogen and oxygen atoms in total. The van der Waals surface area contributed by atoms with Crippen LogP contribution in [0.25, 0.3) is 10.6 Å². The van der Waals surface area contributed by atoms with Gasteiger partial charge in [-0.25, -0.2) is 4.98 Å². The molecule has 6 heteroatoms. The van der Waals surface area contributed by atoms with Gasteiger partial charge in [-0.05, 0) is 50.2 Å². The molecule has 3 aromatic rings. The van der Waals surface area contributed by atoms with Crippen molar-refractivity contribution in [3.05, 3.63) is 59.6 Å². The molecule has 27 heavy (non-hydrogen) atoms. The number of hydrogen-bond donors (Lipinski definition) is 1. The van der Waals surface area contributed by atoms with Gasteiger partial charge in [0.2, 0.25) is 5.91 Å². The molecule has 1 N–H and O–H groups in total. The standard InChI is InChI=1S/C21H22N2O3S/c1-3-25-17-11-9-15(10-12-17)22-20(24)13-16-14-27-21(23-16)18-7-5-6-8-19(18)26-4-2/h5-12,14H,3-4,13H2,1-2H3,(H,22,24). The first kappa shape index (κ1) is 18.9. The van der Waals surface area contributed by atoms with Crippen LogP contribution in [0.4, 0.5) is 5.69 Å². The monoisotopic (exact) mass is 382 g/mol. The molecule has 0 fully saturated rings. The number of hydrogen-bond acceptors (Lipinski definition) is 5. The van der Waals surface area contributed by atoms with Crippen molar-refractivity contribution < 1.29 is 14.3 Å². The molecule has 1 amide bonds. The number of rotatable bonds is 8. The third kappa shape index (κ3) is 5.08. The maximum Gasteiger partial charge on any atom is 0.230 e. The molecule has 0 bridgehead atoms. The summed E-state index contributed by atoms with van der Waals surface area (Å²) in [6.07, 6.45) is 0.223. The minimum atomic E-state index is -0.103. The van der Waals surface area contributed by atoms with Crippen molar-refractivity contribution in [3.63, 3.8) is 0 Å². The summed E-state index contributed by atoms with van der Waals surface area (Å²) in [5, 5.41) is 5.65. The molecule has 3 rings (SSSR count). The Kier molecular flexibility index (Phi) is 6.44. The molecule has 0 aliphatic rings. The van der Waals surface area contributed by atoms with Crippen LogP contribution < -0.4 is 14.8 Å². The molecule has 0 aliphatic carbocycles. The summed E-state index contributed by atoms with van der Waals surface area (Å²) >= 11 is 1.51. The summed E-state index contributed by atoms with van der Waals surface area (Å²) in [5.74, 6) is 1.49. The molecule has 0 radical (unpaired) electrons. The average Bonchev–Trinajstić information content (AvgIpc) is 3.12. The topological polar surface area (TPSA) is 60.5 Å². The van der Waals surface area contributed by atoms with Gasteiger partial charge in [-0.15, -0.1) is 11.3 Å². The van der Waals surface area contributed by atoms with Crippen LogP contribution in [0.5, 0.6) is 11.5 Å². The normalized spacial score (nSPS) is 10.4. The first-order valence-corrected chi connectivity index (χ1v) is 9.77. The van der Waals surface area contributed by atoms with Crippen molar-refractivity contribution >= 4 is 22.9 Å². The van der Waals surface area contributed by atoms with E-state index in [-0.39, 0.29) is 12.3 Å². The van der Waals surface area contributed by atoms with Gasteiger partial charge in [0.25, 0.3) is 0 Å². The largest absolute Gasteiger partial charge is 0.494 e. The molecular weight excluding hydrogens is 360 g/mol. The molecule has 1 heterocycles. The van der Waals surface area contributed by atoms with Crippen LogP contribution in [0.3, 0.4) is 0 Å². The highest BCUT2D eigenvalue weighted by Gasteiger charge is 2.12. The molecule has 2 aromatic carbocycles. The van der Waals surface area contributed by atoms with Gasteiger partial charge >= 0.3 is 0 Å². The molecule has 0 saturated carbocycles. The average molecular weight is 382 g/mol. The Bertz CT molecular complexity index is 890. The number of aromatic nitrogens is 1. The fraction of sp³-hybridized carbons (Fsp3) is 0.238. The summed E-state index contributed by atoms with van der Waals surface area (Å²) < 4.78 is 11.1. The van der Waals surface area contributed by atoms with Crippen LogP contribution in [0.2, 0.25) is 0 Å². The van der Waals surface area contributed by atoms with Gasteiger partial charge in [0.1, 0.15) is 16.5 Å². The number of nitrogens with one attached hydrogen (secondary N) is 1. The van der Waals surface area contributed by atoms with Crippen LogP contribution in [-0.4, -0.2) is 24.1 Å². The highest BCUT2D eigenvalue weighted by atomic mass is 32.1. The zero-order valence-corrected chi connectivity index (χ0v) is 16.2. The van der Waals surface area contributed by atoms with Crippen molar-refractivity contribution in [2.24, 2.45) is 0 Å². The van der Waals surface area contributed by atoms with E-state index in [0.717, 1.165) is 33.5 Å². The first-order valence-electron chi connectivity index (χ1n) is 8.89. The van der Waals surface area contributed by atoms with Crippen molar-refractivity contribution in [3.8, 4) is 22.1 Å². The van der Waals surface area contributed by atoms with Crippen LogP contribution in [0, 0.1) is 0 Å². The molecule has 0 spiro atoms. The number of carbonyl (C=O) groups is 1. The van der Waals surface area contributed by atoms with E-state index < -0.39 is 0 Å². The fourth-order valence-electron chi connectivity index (χ4n) is 2.61. The summed E-state index contributed by atoms with van der Waals surface area (Å²) in [5.41, 5.74) is 2.42. The van der Waals surface area contributed by atoms with E-state index in [1.165, 1.54) is 11.3 Å². The van der Waals surface area contributed by atoms with Crippen molar-refractivity contribution in [1.82, 2.24) is 4.98 Å². The van der Waals surface area contributed by atoms with Gasteiger partial charge in [0, 0.05) is 11.1 Å². The van der Waals surface area contributed by atoms with Gasteiger partial charge < -0.3 is 14.8 Å². The van der Waals surface area contributed by atoms with E-state index in [1.807, 2.05) is 67.8 Å². The van der Waals surface area contributed by atoms with E-state index in [4.69, 9.17) is 9.47 Å². The van der Waals surface area contributed by atoms with E-state index in [1.54, 1.807) is 0 Å². The van der Waals surface area contributed by atoms with E-state index >= 15 is 0 Å². The highest BCUT2D eigenvalue weighted by Crippen LogP contribution is 2.32. The predicted octanol–water partition coefficient (Wildman–Crippen LogP) is 4.79. The SMILES string of the molecule is CCOc1ccc(NC(=O)Cc2csc(-c3ccccc3OCC)n2)cc1. The Morgan fingerprint density at radius 3 is 2.52 bits per heavy atom. The quantitative estimate of drug-likeness (QED) is 0.609. The number of para-hydroxylation sites is 1. The Hall–Kier alpha value is -2.86. The highest BCUT2D eigenvalue weighted by molar-refractivity contribution is 7.13. The molecule has 140 valence electrons. The lowest BCUT2D eigenvalue weighted by atomic mass is 10.2.